The van der Waals surface area contributed by atoms with Crippen LogP contribution in [0.1, 0.15) is 23.7 Å². The highest BCUT2D eigenvalue weighted by Crippen LogP contribution is 2.30. The molecule has 4 rings (SSSR count). The van der Waals surface area contributed by atoms with E-state index < -0.39 is 0 Å². The molecular weight excluding hydrogens is 379 g/mol. The van der Waals surface area contributed by atoms with Gasteiger partial charge in [-0.2, -0.15) is 5.10 Å². The second-order valence-electron chi connectivity index (χ2n) is 6.64. The monoisotopic (exact) mass is 398 g/mol. The number of hydrogen-bond donors (Lipinski definition) is 2. The van der Waals surface area contributed by atoms with Crippen molar-refractivity contribution in [3.63, 3.8) is 0 Å². The molecule has 1 unspecified atom stereocenters. The van der Waals surface area contributed by atoms with Crippen LogP contribution in [0.25, 0.3) is 11.4 Å². The van der Waals surface area contributed by atoms with Crippen LogP contribution in [0.3, 0.4) is 0 Å². The summed E-state index contributed by atoms with van der Waals surface area (Å²) in [6, 6.07) is 4.18. The number of H-pyrrole nitrogens is 1. The van der Waals surface area contributed by atoms with Gasteiger partial charge in [0.1, 0.15) is 17.2 Å². The van der Waals surface area contributed by atoms with Crippen LogP contribution in [-0.4, -0.2) is 45.4 Å². The van der Waals surface area contributed by atoms with Crippen LogP contribution < -0.4 is 5.32 Å². The Balaban J connectivity index is 1.56. The number of urea groups is 1. The standard InChI is InChI=1S/C19H19FN6OS/c1-11-5-16-14(18(25-24-16)17-9-28-10-22-17)8-26(11)19(27)23-13-3-4-15(20)12(6-13)7-21-2/h3-4,6-7,9-11H,5,8H2,1-2H3,(H,23,27)(H,24,25)/b21-7-. The van der Waals surface area contributed by atoms with E-state index in [0.29, 0.717) is 24.2 Å². The number of nitrogens with zero attached hydrogens (tertiary/aromatic N) is 4. The van der Waals surface area contributed by atoms with Gasteiger partial charge in [-0.25, -0.2) is 14.2 Å². The summed E-state index contributed by atoms with van der Waals surface area (Å²) >= 11 is 1.51. The van der Waals surface area contributed by atoms with Gasteiger partial charge < -0.3 is 10.2 Å². The van der Waals surface area contributed by atoms with Gasteiger partial charge in [0.25, 0.3) is 0 Å². The van der Waals surface area contributed by atoms with Crippen LogP contribution in [0, 0.1) is 5.82 Å². The molecule has 1 aliphatic heterocycles. The molecule has 0 aliphatic carbocycles. The van der Waals surface area contributed by atoms with Gasteiger partial charge in [-0.3, -0.25) is 10.1 Å². The minimum absolute atomic E-state index is 0.00615. The maximum atomic E-state index is 13.8. The highest BCUT2D eigenvalue weighted by molar-refractivity contribution is 7.07. The number of aliphatic imine (C=N–C) groups is 1. The zero-order valence-corrected chi connectivity index (χ0v) is 16.3. The summed E-state index contributed by atoms with van der Waals surface area (Å²) in [5.41, 5.74) is 6.21. The molecule has 0 radical (unpaired) electrons. The Bertz CT molecular complexity index is 1030. The van der Waals surface area contributed by atoms with E-state index >= 15 is 0 Å². The summed E-state index contributed by atoms with van der Waals surface area (Å²) in [4.78, 5) is 22.8. The highest BCUT2D eigenvalue weighted by atomic mass is 32.1. The Kier molecular flexibility index (Phi) is 4.91. The molecule has 3 aromatic rings. The lowest BCUT2D eigenvalue weighted by Gasteiger charge is -2.33. The fourth-order valence-electron chi connectivity index (χ4n) is 3.34. The third-order valence-electron chi connectivity index (χ3n) is 4.76. The fourth-order valence-corrected chi connectivity index (χ4v) is 3.88. The third kappa shape index (κ3) is 3.40. The Hall–Kier alpha value is -3.07. The first kappa shape index (κ1) is 18.3. The van der Waals surface area contributed by atoms with Crippen molar-refractivity contribution < 1.29 is 9.18 Å². The molecule has 2 N–H and O–H groups in total. The summed E-state index contributed by atoms with van der Waals surface area (Å²) in [6.07, 6.45) is 2.10. The van der Waals surface area contributed by atoms with Crippen molar-refractivity contribution in [3.05, 3.63) is 51.7 Å². The van der Waals surface area contributed by atoms with E-state index in [1.807, 2.05) is 12.3 Å². The molecule has 0 fully saturated rings. The molecular formula is C19H19FN6OS. The smallest absolute Gasteiger partial charge is 0.317 e. The van der Waals surface area contributed by atoms with Gasteiger partial charge in [-0.05, 0) is 25.1 Å². The number of aromatic amines is 1. The lowest BCUT2D eigenvalue weighted by atomic mass is 9.99. The maximum Gasteiger partial charge on any atom is 0.322 e. The van der Waals surface area contributed by atoms with E-state index in [9.17, 15) is 9.18 Å². The SMILES string of the molecule is C/N=C\c1cc(NC(=O)N2Cc3c(-c4cscn4)n[nH]c3CC2C)ccc1F. The summed E-state index contributed by atoms with van der Waals surface area (Å²) in [6.45, 7) is 2.42. The highest BCUT2D eigenvalue weighted by Gasteiger charge is 2.31. The molecule has 3 heterocycles. The molecule has 2 amide bonds. The molecule has 0 saturated carbocycles. The maximum absolute atomic E-state index is 13.8. The second kappa shape index (κ2) is 7.51. The number of amides is 2. The van der Waals surface area contributed by atoms with Gasteiger partial charge in [-0.1, -0.05) is 0 Å². The van der Waals surface area contributed by atoms with E-state index in [1.54, 1.807) is 29.6 Å². The number of aromatic nitrogens is 3. The van der Waals surface area contributed by atoms with Crippen molar-refractivity contribution in [2.45, 2.75) is 25.9 Å². The van der Waals surface area contributed by atoms with Crippen LogP contribution in [0.4, 0.5) is 14.9 Å². The van der Waals surface area contributed by atoms with Gasteiger partial charge in [0.15, 0.2) is 0 Å². The van der Waals surface area contributed by atoms with Crippen LogP contribution >= 0.6 is 11.3 Å². The number of fused-ring (bicyclic) bond motifs is 1. The van der Waals surface area contributed by atoms with Crippen LogP contribution in [0.5, 0.6) is 0 Å². The first-order valence-electron chi connectivity index (χ1n) is 8.81. The van der Waals surface area contributed by atoms with Gasteiger partial charge in [0, 0.05) is 53.6 Å². The number of nitrogens with one attached hydrogen (secondary N) is 2. The van der Waals surface area contributed by atoms with E-state index in [0.717, 1.165) is 22.6 Å². The van der Waals surface area contributed by atoms with Crippen LogP contribution in [0.15, 0.2) is 34.1 Å². The normalized spacial score (nSPS) is 16.4. The lowest BCUT2D eigenvalue weighted by Crippen LogP contribution is -2.44. The molecule has 28 heavy (non-hydrogen) atoms. The van der Waals surface area contributed by atoms with Crippen molar-refractivity contribution >= 4 is 29.3 Å². The molecule has 1 aliphatic rings. The number of carbonyl (C=O) groups excluding carboxylic acids is 1. The van der Waals surface area contributed by atoms with Crippen LogP contribution in [0.2, 0.25) is 0 Å². The summed E-state index contributed by atoms with van der Waals surface area (Å²) in [5.74, 6) is -0.383. The zero-order chi connectivity index (χ0) is 19.7. The van der Waals surface area contributed by atoms with E-state index in [2.05, 4.69) is 25.5 Å². The van der Waals surface area contributed by atoms with E-state index in [4.69, 9.17) is 0 Å². The molecule has 1 aromatic carbocycles. The average molecular weight is 398 g/mol. The van der Waals surface area contributed by atoms with Gasteiger partial charge in [0.2, 0.25) is 0 Å². The molecule has 9 heteroatoms. The Morgan fingerprint density at radius 3 is 3.11 bits per heavy atom. The first-order valence-corrected chi connectivity index (χ1v) is 9.75. The van der Waals surface area contributed by atoms with E-state index in [1.165, 1.54) is 23.6 Å². The number of benzene rings is 1. The Morgan fingerprint density at radius 1 is 1.50 bits per heavy atom. The lowest BCUT2D eigenvalue weighted by molar-refractivity contribution is 0.182. The average Bonchev–Trinajstić information content (AvgIpc) is 3.33. The van der Waals surface area contributed by atoms with Crippen molar-refractivity contribution in [2.24, 2.45) is 4.99 Å². The second-order valence-corrected chi connectivity index (χ2v) is 7.36. The number of carbonyl (C=O) groups is 1. The number of hydrogen-bond acceptors (Lipinski definition) is 5. The minimum Gasteiger partial charge on any atom is -0.317 e. The van der Waals surface area contributed by atoms with Crippen molar-refractivity contribution in [2.75, 3.05) is 12.4 Å². The molecule has 0 bridgehead atoms. The predicted octanol–water partition coefficient (Wildman–Crippen LogP) is 3.70. The quantitative estimate of drug-likeness (QED) is 0.660. The van der Waals surface area contributed by atoms with Gasteiger partial charge in [-0.15, -0.1) is 11.3 Å². The van der Waals surface area contributed by atoms with Crippen molar-refractivity contribution in [1.82, 2.24) is 20.1 Å². The fraction of sp³-hybridized carbons (Fsp3) is 0.263. The Morgan fingerprint density at radius 2 is 2.36 bits per heavy atom. The summed E-state index contributed by atoms with van der Waals surface area (Å²) in [5, 5.41) is 12.3. The Labute approximate surface area is 165 Å². The minimum atomic E-state index is -0.383. The largest absolute Gasteiger partial charge is 0.322 e. The van der Waals surface area contributed by atoms with Crippen molar-refractivity contribution in [3.8, 4) is 11.4 Å². The molecule has 1 atom stereocenters. The number of anilines is 1. The number of halogens is 1. The molecule has 2 aromatic heterocycles. The molecule has 7 nitrogen and oxygen atoms in total. The number of thiazole rings is 1. The number of rotatable bonds is 3. The summed E-state index contributed by atoms with van der Waals surface area (Å²) in [7, 11) is 1.57. The summed E-state index contributed by atoms with van der Waals surface area (Å²) < 4.78 is 13.8. The zero-order valence-electron chi connectivity index (χ0n) is 15.4. The van der Waals surface area contributed by atoms with Gasteiger partial charge in [0.05, 0.1) is 12.1 Å². The predicted molar refractivity (Wildman–Crippen MR) is 107 cm³/mol. The molecule has 144 valence electrons. The van der Waals surface area contributed by atoms with Crippen molar-refractivity contribution in [1.29, 1.82) is 0 Å². The first-order chi connectivity index (χ1) is 13.6. The van der Waals surface area contributed by atoms with Crippen LogP contribution in [-0.2, 0) is 13.0 Å². The van der Waals surface area contributed by atoms with Gasteiger partial charge >= 0.3 is 6.03 Å². The topological polar surface area (TPSA) is 86.3 Å². The third-order valence-corrected chi connectivity index (χ3v) is 5.35. The van der Waals surface area contributed by atoms with E-state index in [-0.39, 0.29) is 17.9 Å². The molecule has 0 saturated heterocycles. The molecule has 0 spiro atoms.